The monoisotopic (exact) mass is 275 g/mol. The van der Waals surface area contributed by atoms with Crippen LogP contribution in [0.5, 0.6) is 5.75 Å². The number of ether oxygens (including phenoxy) is 1. The first-order valence-electron chi connectivity index (χ1n) is 4.82. The minimum atomic E-state index is -4.75. The molecule has 0 radical (unpaired) electrons. The van der Waals surface area contributed by atoms with E-state index in [0.29, 0.717) is 22.0 Å². The Morgan fingerprint density at radius 1 is 1.44 bits per heavy atom. The Balaban J connectivity index is 2.42. The Morgan fingerprint density at radius 2 is 2.17 bits per heavy atom. The highest BCUT2D eigenvalue weighted by molar-refractivity contribution is 7.19. The first-order valence-corrected chi connectivity index (χ1v) is 5.64. The number of aliphatic hydroxyl groups excluding tert-OH is 1. The highest BCUT2D eigenvalue weighted by atomic mass is 32.1. The molecule has 0 unspecified atom stereocenters. The van der Waals surface area contributed by atoms with E-state index in [0.717, 1.165) is 11.3 Å². The van der Waals surface area contributed by atoms with Gasteiger partial charge in [-0.25, -0.2) is 4.98 Å². The van der Waals surface area contributed by atoms with E-state index in [1.54, 1.807) is 18.2 Å². The third-order valence-corrected chi connectivity index (χ3v) is 3.13. The number of alkyl halides is 3. The number of rotatable bonds is 2. The summed E-state index contributed by atoms with van der Waals surface area (Å²) in [4.78, 5) is 3.97. The van der Waals surface area contributed by atoms with Crippen molar-refractivity contribution in [2.75, 3.05) is 7.11 Å². The number of fused-ring (bicyclic) bond motifs is 1. The predicted octanol–water partition coefficient (Wildman–Crippen LogP) is 3.77. The van der Waals surface area contributed by atoms with Crippen molar-refractivity contribution in [1.82, 2.24) is 4.98 Å². The molecule has 7 heteroatoms. The van der Waals surface area contributed by atoms with Crippen LogP contribution in [0.15, 0.2) is 24.0 Å². The van der Waals surface area contributed by atoms with Crippen LogP contribution in [0.2, 0.25) is 0 Å². The summed E-state index contributed by atoms with van der Waals surface area (Å²) in [6.45, 7) is 0. The fraction of sp³-hybridized carbons (Fsp3) is 0.182. The molecule has 0 fully saturated rings. The maximum absolute atomic E-state index is 12.1. The zero-order valence-corrected chi connectivity index (χ0v) is 9.97. The normalized spacial score (nSPS) is 13.0. The van der Waals surface area contributed by atoms with E-state index in [-0.39, 0.29) is 5.01 Å². The van der Waals surface area contributed by atoms with E-state index < -0.39 is 11.9 Å². The topological polar surface area (TPSA) is 42.4 Å². The van der Waals surface area contributed by atoms with E-state index in [1.807, 2.05) is 0 Å². The van der Waals surface area contributed by atoms with Gasteiger partial charge in [0.1, 0.15) is 10.8 Å². The number of aromatic nitrogens is 1. The molecule has 2 aromatic rings. The molecule has 0 spiro atoms. The molecule has 0 bridgehead atoms. The van der Waals surface area contributed by atoms with Crippen LogP contribution in [0.25, 0.3) is 16.3 Å². The summed E-state index contributed by atoms with van der Waals surface area (Å²) in [7, 11) is 1.50. The van der Waals surface area contributed by atoms with Gasteiger partial charge in [0.05, 0.1) is 17.3 Å². The third-order valence-electron chi connectivity index (χ3n) is 2.16. The molecule has 96 valence electrons. The third kappa shape index (κ3) is 2.56. The molecule has 1 N–H and O–H groups in total. The second-order valence-corrected chi connectivity index (χ2v) is 4.48. The van der Waals surface area contributed by atoms with Crippen LogP contribution in [0.4, 0.5) is 13.2 Å². The number of halogens is 3. The second-order valence-electron chi connectivity index (χ2n) is 3.41. The van der Waals surface area contributed by atoms with Crippen molar-refractivity contribution >= 4 is 27.6 Å². The van der Waals surface area contributed by atoms with Gasteiger partial charge < -0.3 is 9.84 Å². The van der Waals surface area contributed by atoms with Crippen LogP contribution in [-0.2, 0) is 0 Å². The minimum Gasteiger partial charge on any atom is -0.504 e. The van der Waals surface area contributed by atoms with Gasteiger partial charge in [0.2, 0.25) is 5.76 Å². The van der Waals surface area contributed by atoms with E-state index in [2.05, 4.69) is 4.98 Å². The maximum atomic E-state index is 12.1. The average molecular weight is 275 g/mol. The van der Waals surface area contributed by atoms with Crippen molar-refractivity contribution < 1.29 is 23.0 Å². The van der Waals surface area contributed by atoms with Gasteiger partial charge in [0, 0.05) is 6.08 Å². The quantitative estimate of drug-likeness (QED) is 0.848. The first-order chi connectivity index (χ1) is 8.40. The Labute approximate surface area is 104 Å². The Bertz CT molecular complexity index is 604. The predicted molar refractivity (Wildman–Crippen MR) is 62.8 cm³/mol. The molecule has 1 aromatic carbocycles. The highest BCUT2D eigenvalue weighted by Crippen LogP contribution is 2.30. The van der Waals surface area contributed by atoms with Crippen LogP contribution in [0, 0.1) is 0 Å². The van der Waals surface area contributed by atoms with Gasteiger partial charge in [-0.1, -0.05) is 0 Å². The van der Waals surface area contributed by atoms with Crippen LogP contribution < -0.4 is 4.74 Å². The summed E-state index contributed by atoms with van der Waals surface area (Å²) >= 11 is 1.04. The number of thiazole rings is 1. The summed E-state index contributed by atoms with van der Waals surface area (Å²) in [5.74, 6) is -1.06. The van der Waals surface area contributed by atoms with Crippen molar-refractivity contribution in [3.8, 4) is 5.75 Å². The number of hydrogen-bond acceptors (Lipinski definition) is 4. The van der Waals surface area contributed by atoms with Crippen LogP contribution in [0.1, 0.15) is 5.01 Å². The molecule has 0 aliphatic heterocycles. The summed E-state index contributed by atoms with van der Waals surface area (Å²) in [6, 6.07) is 4.99. The lowest BCUT2D eigenvalue weighted by atomic mass is 10.3. The molecule has 2 rings (SSSR count). The standard InChI is InChI=1S/C11H8F3NO2S/c1-17-6-2-3-7-8(4-6)18-10(15-7)5-9(16)11(12,13)14/h2-5,16H,1H3. The molecular formula is C11H8F3NO2S. The van der Waals surface area contributed by atoms with Gasteiger partial charge in [-0.15, -0.1) is 11.3 Å². The lowest BCUT2D eigenvalue weighted by Crippen LogP contribution is -2.10. The number of benzene rings is 1. The summed E-state index contributed by atoms with van der Waals surface area (Å²) in [6.07, 6.45) is -4.15. The first kappa shape index (κ1) is 12.7. The number of allylic oxidation sites excluding steroid dienone is 1. The van der Waals surface area contributed by atoms with Crippen molar-refractivity contribution in [3.63, 3.8) is 0 Å². The smallest absolute Gasteiger partial charge is 0.448 e. The van der Waals surface area contributed by atoms with Gasteiger partial charge in [0.25, 0.3) is 0 Å². The van der Waals surface area contributed by atoms with E-state index in [4.69, 9.17) is 9.84 Å². The summed E-state index contributed by atoms with van der Waals surface area (Å²) in [5.41, 5.74) is 0.557. The molecule has 0 aliphatic carbocycles. The van der Waals surface area contributed by atoms with Crippen LogP contribution in [-0.4, -0.2) is 23.4 Å². The van der Waals surface area contributed by atoms with Gasteiger partial charge >= 0.3 is 6.18 Å². The molecular weight excluding hydrogens is 267 g/mol. The SMILES string of the molecule is COc1ccc2nc(C=C(O)C(F)(F)F)sc2c1. The molecule has 0 saturated heterocycles. The van der Waals surface area contributed by atoms with Crippen LogP contribution >= 0.6 is 11.3 Å². The van der Waals surface area contributed by atoms with Crippen molar-refractivity contribution in [2.24, 2.45) is 0 Å². The zero-order chi connectivity index (χ0) is 13.3. The summed E-state index contributed by atoms with van der Waals surface area (Å²) in [5, 5.41) is 8.93. The van der Waals surface area contributed by atoms with Crippen molar-refractivity contribution in [1.29, 1.82) is 0 Å². The average Bonchev–Trinajstić information content (AvgIpc) is 2.68. The number of methoxy groups -OCH3 is 1. The zero-order valence-electron chi connectivity index (χ0n) is 9.15. The molecule has 3 nitrogen and oxygen atoms in total. The van der Waals surface area contributed by atoms with E-state index in [9.17, 15) is 13.2 Å². The fourth-order valence-electron chi connectivity index (χ4n) is 1.31. The Morgan fingerprint density at radius 3 is 2.78 bits per heavy atom. The van der Waals surface area contributed by atoms with Gasteiger partial charge in [-0.05, 0) is 18.2 Å². The van der Waals surface area contributed by atoms with Gasteiger partial charge in [0.15, 0.2) is 0 Å². The molecule has 0 saturated carbocycles. The molecule has 0 aliphatic rings. The molecule has 1 heterocycles. The van der Waals surface area contributed by atoms with Crippen molar-refractivity contribution in [3.05, 3.63) is 29.0 Å². The molecule has 18 heavy (non-hydrogen) atoms. The molecule has 0 amide bonds. The fourth-order valence-corrected chi connectivity index (χ4v) is 2.24. The lowest BCUT2D eigenvalue weighted by Gasteiger charge is -2.02. The highest BCUT2D eigenvalue weighted by Gasteiger charge is 2.33. The summed E-state index contributed by atoms with van der Waals surface area (Å²) < 4.78 is 42.1. The maximum Gasteiger partial charge on any atom is 0.448 e. The lowest BCUT2D eigenvalue weighted by molar-refractivity contribution is -0.119. The van der Waals surface area contributed by atoms with Gasteiger partial charge in [-0.2, -0.15) is 13.2 Å². The van der Waals surface area contributed by atoms with E-state index in [1.165, 1.54) is 7.11 Å². The van der Waals surface area contributed by atoms with Crippen molar-refractivity contribution in [2.45, 2.75) is 6.18 Å². The molecule has 1 aromatic heterocycles. The van der Waals surface area contributed by atoms with E-state index >= 15 is 0 Å². The van der Waals surface area contributed by atoms with Gasteiger partial charge in [-0.3, -0.25) is 0 Å². The number of aliphatic hydroxyl groups is 1. The van der Waals surface area contributed by atoms with Crippen LogP contribution in [0.3, 0.4) is 0 Å². The second kappa shape index (κ2) is 4.49. The largest absolute Gasteiger partial charge is 0.504 e. The molecule has 0 atom stereocenters. The number of nitrogens with zero attached hydrogens (tertiary/aromatic N) is 1. The Kier molecular flexibility index (Phi) is 3.16. The Hall–Kier alpha value is -1.76. The minimum absolute atomic E-state index is 0.0908. The number of hydrogen-bond donors (Lipinski definition) is 1.